The van der Waals surface area contributed by atoms with Crippen molar-refractivity contribution in [1.29, 1.82) is 0 Å². The zero-order valence-corrected chi connectivity index (χ0v) is 11.1. The number of fused-ring (bicyclic) bond motifs is 1. The fraction of sp³-hybridized carbons (Fsp3) is 0.643. The van der Waals surface area contributed by atoms with E-state index < -0.39 is 0 Å². The van der Waals surface area contributed by atoms with Gasteiger partial charge in [-0.1, -0.05) is 19.9 Å². The summed E-state index contributed by atoms with van der Waals surface area (Å²) in [6.07, 6.45) is 5.36. The molecule has 0 amide bonds. The van der Waals surface area contributed by atoms with Gasteiger partial charge in [-0.15, -0.1) is 11.6 Å². The van der Waals surface area contributed by atoms with Crippen molar-refractivity contribution in [2.24, 2.45) is 5.41 Å². The molecule has 0 spiro atoms. The summed E-state index contributed by atoms with van der Waals surface area (Å²) in [5.74, 6) is 0.574. The molecule has 0 radical (unpaired) electrons. The van der Waals surface area contributed by atoms with Gasteiger partial charge in [-0.05, 0) is 43.2 Å². The Morgan fingerprint density at radius 1 is 1.56 bits per heavy atom. The van der Waals surface area contributed by atoms with E-state index >= 15 is 0 Å². The Morgan fingerprint density at radius 2 is 2.31 bits per heavy atom. The van der Waals surface area contributed by atoms with Gasteiger partial charge in [0, 0.05) is 23.2 Å². The lowest BCUT2D eigenvalue weighted by molar-refractivity contribution is 0.256. The molecule has 0 bridgehead atoms. The minimum atomic E-state index is 0.239. The molecule has 16 heavy (non-hydrogen) atoms. The Kier molecular flexibility index (Phi) is 3.25. The molecule has 0 saturated heterocycles. The van der Waals surface area contributed by atoms with Gasteiger partial charge in [0.25, 0.3) is 0 Å². The van der Waals surface area contributed by atoms with Gasteiger partial charge in [0.2, 0.25) is 0 Å². The fourth-order valence-corrected chi connectivity index (χ4v) is 3.44. The average molecular weight is 238 g/mol. The summed E-state index contributed by atoms with van der Waals surface area (Å²) in [6, 6.07) is 4.25. The Bertz CT molecular complexity index is 371. The van der Waals surface area contributed by atoms with Crippen LogP contribution in [0.4, 0.5) is 0 Å². The number of hydrogen-bond acceptors (Lipinski definition) is 1. The Balaban J connectivity index is 2.24. The Hall–Kier alpha value is -0.560. The summed E-state index contributed by atoms with van der Waals surface area (Å²) in [4.78, 5) is 4.57. The van der Waals surface area contributed by atoms with E-state index in [0.717, 1.165) is 6.42 Å². The molecular formula is C14H20ClN. The predicted octanol–water partition coefficient (Wildman–Crippen LogP) is 4.16. The van der Waals surface area contributed by atoms with Crippen LogP contribution in [-0.4, -0.2) is 10.4 Å². The minimum Gasteiger partial charge on any atom is -0.261 e. The second-order valence-corrected chi connectivity index (χ2v) is 6.36. The van der Waals surface area contributed by atoms with Crippen LogP contribution >= 0.6 is 11.6 Å². The van der Waals surface area contributed by atoms with Gasteiger partial charge in [-0.2, -0.15) is 0 Å². The largest absolute Gasteiger partial charge is 0.261 e. The van der Waals surface area contributed by atoms with E-state index in [9.17, 15) is 0 Å². The molecule has 2 heteroatoms. The molecule has 0 aliphatic heterocycles. The lowest BCUT2D eigenvalue weighted by atomic mass is 9.74. The number of hydrogen-bond donors (Lipinski definition) is 0. The van der Waals surface area contributed by atoms with E-state index in [0.29, 0.717) is 5.92 Å². The van der Waals surface area contributed by atoms with E-state index in [1.807, 2.05) is 12.3 Å². The van der Waals surface area contributed by atoms with E-state index in [1.165, 1.54) is 24.1 Å². The molecule has 2 rings (SSSR count). The average Bonchev–Trinajstić information content (AvgIpc) is 2.59. The van der Waals surface area contributed by atoms with Crippen LogP contribution in [0.15, 0.2) is 18.3 Å². The standard InChI is InChI=1S/C14H20ClN/c1-10(15)9-14(2,3)12-7-6-11-5-4-8-16-13(11)12/h4-5,8,10,12H,6-7,9H2,1-3H3. The van der Waals surface area contributed by atoms with E-state index in [2.05, 4.69) is 31.8 Å². The zero-order valence-electron chi connectivity index (χ0n) is 10.3. The smallest absolute Gasteiger partial charge is 0.0471 e. The van der Waals surface area contributed by atoms with Crippen molar-refractivity contribution >= 4 is 11.6 Å². The lowest BCUT2D eigenvalue weighted by Crippen LogP contribution is -2.24. The maximum atomic E-state index is 6.15. The first-order valence-corrected chi connectivity index (χ1v) is 6.52. The normalized spacial score (nSPS) is 21.9. The molecule has 1 aromatic heterocycles. The van der Waals surface area contributed by atoms with Crippen molar-refractivity contribution in [2.75, 3.05) is 0 Å². The Labute approximate surface area is 103 Å². The number of rotatable bonds is 3. The zero-order chi connectivity index (χ0) is 11.8. The molecule has 88 valence electrons. The SMILES string of the molecule is CC(Cl)CC(C)(C)C1CCc2cccnc21. The first-order chi connectivity index (χ1) is 7.50. The lowest BCUT2D eigenvalue weighted by Gasteiger charge is -2.32. The third-order valence-electron chi connectivity index (χ3n) is 3.71. The summed E-state index contributed by atoms with van der Waals surface area (Å²) in [5, 5.41) is 0.239. The molecule has 2 atom stereocenters. The molecule has 1 aromatic rings. The molecule has 0 saturated carbocycles. The molecule has 1 aliphatic carbocycles. The van der Waals surface area contributed by atoms with Crippen molar-refractivity contribution in [3.63, 3.8) is 0 Å². The number of halogens is 1. The molecule has 0 fully saturated rings. The number of pyridine rings is 1. The van der Waals surface area contributed by atoms with Crippen LogP contribution in [0.2, 0.25) is 0 Å². The summed E-state index contributed by atoms with van der Waals surface area (Å²) in [7, 11) is 0. The van der Waals surface area contributed by atoms with Gasteiger partial charge in [-0.25, -0.2) is 0 Å². The highest BCUT2D eigenvalue weighted by Gasteiger charge is 2.36. The van der Waals surface area contributed by atoms with Crippen LogP contribution in [0, 0.1) is 5.41 Å². The van der Waals surface area contributed by atoms with Gasteiger partial charge in [0.15, 0.2) is 0 Å². The van der Waals surface area contributed by atoms with Crippen LogP contribution < -0.4 is 0 Å². The quantitative estimate of drug-likeness (QED) is 0.720. The summed E-state index contributed by atoms with van der Waals surface area (Å²) < 4.78 is 0. The van der Waals surface area contributed by atoms with Gasteiger partial charge < -0.3 is 0 Å². The van der Waals surface area contributed by atoms with Crippen LogP contribution in [0.3, 0.4) is 0 Å². The van der Waals surface area contributed by atoms with Gasteiger partial charge in [0.1, 0.15) is 0 Å². The third kappa shape index (κ3) is 2.24. The topological polar surface area (TPSA) is 12.9 Å². The van der Waals surface area contributed by atoms with E-state index in [1.54, 1.807) is 0 Å². The van der Waals surface area contributed by atoms with Crippen LogP contribution in [0.1, 0.15) is 50.8 Å². The van der Waals surface area contributed by atoms with Crippen molar-refractivity contribution in [3.05, 3.63) is 29.6 Å². The van der Waals surface area contributed by atoms with Gasteiger partial charge >= 0.3 is 0 Å². The van der Waals surface area contributed by atoms with Crippen LogP contribution in [0.25, 0.3) is 0 Å². The maximum absolute atomic E-state index is 6.15. The van der Waals surface area contributed by atoms with Crippen LogP contribution in [-0.2, 0) is 6.42 Å². The van der Waals surface area contributed by atoms with Gasteiger partial charge in [-0.3, -0.25) is 4.98 Å². The Morgan fingerprint density at radius 3 is 3.00 bits per heavy atom. The first kappa shape index (κ1) is 11.9. The monoisotopic (exact) mass is 237 g/mol. The van der Waals surface area contributed by atoms with Gasteiger partial charge in [0.05, 0.1) is 0 Å². The van der Waals surface area contributed by atoms with Crippen LogP contribution in [0.5, 0.6) is 0 Å². The number of nitrogens with zero attached hydrogens (tertiary/aromatic N) is 1. The first-order valence-electron chi connectivity index (χ1n) is 6.08. The summed E-state index contributed by atoms with van der Waals surface area (Å²) >= 11 is 6.15. The second-order valence-electron chi connectivity index (χ2n) is 5.61. The number of aromatic nitrogens is 1. The van der Waals surface area contributed by atoms with Crippen molar-refractivity contribution in [2.45, 2.75) is 51.3 Å². The number of alkyl halides is 1. The predicted molar refractivity (Wildman–Crippen MR) is 69.0 cm³/mol. The fourth-order valence-electron chi connectivity index (χ4n) is 3.04. The second kappa shape index (κ2) is 4.37. The molecule has 0 aromatic carbocycles. The summed E-state index contributed by atoms with van der Waals surface area (Å²) in [5.41, 5.74) is 2.99. The van der Waals surface area contributed by atoms with E-state index in [-0.39, 0.29) is 10.8 Å². The third-order valence-corrected chi connectivity index (χ3v) is 3.86. The highest BCUT2D eigenvalue weighted by atomic mass is 35.5. The summed E-state index contributed by atoms with van der Waals surface area (Å²) in [6.45, 7) is 6.72. The molecular weight excluding hydrogens is 218 g/mol. The van der Waals surface area contributed by atoms with Crippen molar-refractivity contribution < 1.29 is 0 Å². The van der Waals surface area contributed by atoms with Crippen molar-refractivity contribution in [3.8, 4) is 0 Å². The van der Waals surface area contributed by atoms with E-state index in [4.69, 9.17) is 11.6 Å². The van der Waals surface area contributed by atoms with Crippen molar-refractivity contribution in [1.82, 2.24) is 4.98 Å². The molecule has 2 unspecified atom stereocenters. The highest BCUT2D eigenvalue weighted by molar-refractivity contribution is 6.20. The molecule has 1 aliphatic rings. The molecule has 1 heterocycles. The molecule has 1 nitrogen and oxygen atoms in total. The maximum Gasteiger partial charge on any atom is 0.0471 e. The number of aryl methyl sites for hydroxylation is 1. The molecule has 0 N–H and O–H groups in total. The highest BCUT2D eigenvalue weighted by Crippen LogP contribution is 2.46. The minimum absolute atomic E-state index is 0.239.